The topological polar surface area (TPSA) is 108 Å². The molecule has 0 aliphatic carbocycles. The first-order valence-corrected chi connectivity index (χ1v) is 20.7. The van der Waals surface area contributed by atoms with Gasteiger partial charge in [0.25, 0.3) is 0 Å². The molecule has 0 spiro atoms. The van der Waals surface area contributed by atoms with E-state index in [9.17, 15) is 32.3 Å². The van der Waals surface area contributed by atoms with Crippen LogP contribution in [0.2, 0.25) is 0 Å². The van der Waals surface area contributed by atoms with Crippen LogP contribution < -0.4 is 20.3 Å². The summed E-state index contributed by atoms with van der Waals surface area (Å²) < 4.78 is 48.0. The molecule has 3 fully saturated rings. The van der Waals surface area contributed by atoms with E-state index in [1.165, 1.54) is 11.8 Å². The van der Waals surface area contributed by atoms with Gasteiger partial charge in [-0.3, -0.25) is 19.2 Å². The highest BCUT2D eigenvalue weighted by atomic mass is 32.2. The molecule has 9 nitrogen and oxygen atoms in total. The van der Waals surface area contributed by atoms with Crippen LogP contribution in [-0.2, 0) is 32.0 Å². The van der Waals surface area contributed by atoms with Crippen molar-refractivity contribution >= 4 is 41.1 Å². The summed E-state index contributed by atoms with van der Waals surface area (Å²) >= 11 is 1.34. The van der Waals surface area contributed by atoms with Crippen LogP contribution >= 0.6 is 11.8 Å². The van der Waals surface area contributed by atoms with Gasteiger partial charge in [0.1, 0.15) is 23.9 Å². The van der Waals surface area contributed by atoms with Crippen molar-refractivity contribution < 1.29 is 37.1 Å². The van der Waals surface area contributed by atoms with E-state index in [4.69, 9.17) is 4.74 Å². The Morgan fingerprint density at radius 3 is 1.91 bits per heavy atom. The number of fused-ring (bicyclic) bond motifs is 1. The maximum Gasteiger partial charge on any atom is 0.408 e. The number of thioether (sulfide) groups is 1. The van der Waals surface area contributed by atoms with Gasteiger partial charge in [-0.2, -0.15) is 13.2 Å². The van der Waals surface area contributed by atoms with Crippen molar-refractivity contribution in [1.29, 1.82) is 0 Å². The van der Waals surface area contributed by atoms with Crippen molar-refractivity contribution in [3.8, 4) is 5.75 Å². The number of anilines is 1. The monoisotopic (exact) mass is 792 g/mol. The summed E-state index contributed by atoms with van der Waals surface area (Å²) in [7, 11) is 1.56. The summed E-state index contributed by atoms with van der Waals surface area (Å²) in [4.78, 5) is 58.9. The number of rotatable bonds is 13. The summed E-state index contributed by atoms with van der Waals surface area (Å²) in [5.41, 5.74) is 2.46. The number of benzene rings is 3. The number of hydrogen-bond acceptors (Lipinski definition) is 6. The number of alkyl halides is 3. The van der Waals surface area contributed by atoms with Crippen LogP contribution in [0.25, 0.3) is 0 Å². The average Bonchev–Trinajstić information content (AvgIpc) is 3.48. The summed E-state index contributed by atoms with van der Waals surface area (Å²) in [6.07, 6.45) is -0.393. The number of amides is 4. The predicted octanol–water partition coefficient (Wildman–Crippen LogP) is 7.09. The normalized spacial score (nSPS) is 22.9. The third kappa shape index (κ3) is 10.3. The third-order valence-corrected chi connectivity index (χ3v) is 12.5. The van der Waals surface area contributed by atoms with Crippen molar-refractivity contribution in [2.24, 2.45) is 11.8 Å². The predicted molar refractivity (Wildman–Crippen MR) is 211 cm³/mol. The standard InChI is InChI=1S/C43H51F3N4O5S/c1-55-36-19-9-8-18-35(36)49-25-11-10-17-33(41(49)53)47-39(51)31(27-29-13-4-2-5-14-29)22-23-32(28-30-15-6-3-7-16-30)40(52)48-34-24-26-56-38-21-12-20-37(43(44,45)46)50(38)42(34)54/h2-9,13-16,18-19,31-34,37-38H,10-12,17,20-28H2,1H3,(H,47,51)(H,48,52)/t31?,32?,33-,34?,37?,38-/m0/s1. The zero-order valence-corrected chi connectivity index (χ0v) is 32.5. The van der Waals surface area contributed by atoms with Gasteiger partial charge in [-0.25, -0.2) is 0 Å². The number of piperidine rings is 1. The highest BCUT2D eigenvalue weighted by molar-refractivity contribution is 7.99. The van der Waals surface area contributed by atoms with E-state index < -0.39 is 53.3 Å². The van der Waals surface area contributed by atoms with Crippen LogP contribution in [0.5, 0.6) is 5.75 Å². The second-order valence-corrected chi connectivity index (χ2v) is 16.3. The Hall–Kier alpha value is -4.52. The molecule has 56 heavy (non-hydrogen) atoms. The van der Waals surface area contributed by atoms with Crippen molar-refractivity contribution in [1.82, 2.24) is 15.5 Å². The van der Waals surface area contributed by atoms with Crippen LogP contribution in [0.3, 0.4) is 0 Å². The van der Waals surface area contributed by atoms with Crippen LogP contribution in [0, 0.1) is 11.8 Å². The first kappa shape index (κ1) is 41.1. The van der Waals surface area contributed by atoms with Gasteiger partial charge in [0.05, 0.1) is 18.2 Å². The number of para-hydroxylation sites is 2. The molecule has 0 aromatic heterocycles. The van der Waals surface area contributed by atoms with E-state index in [1.807, 2.05) is 78.9 Å². The molecule has 0 bridgehead atoms. The Kier molecular flexibility index (Phi) is 14.0. The fraction of sp³-hybridized carbons (Fsp3) is 0.488. The first-order valence-electron chi connectivity index (χ1n) is 19.7. The minimum absolute atomic E-state index is 0.153. The number of nitrogens with one attached hydrogen (secondary N) is 2. The van der Waals surface area contributed by atoms with E-state index in [0.717, 1.165) is 28.9 Å². The highest BCUT2D eigenvalue weighted by Gasteiger charge is 2.51. The molecule has 0 radical (unpaired) electrons. The van der Waals surface area contributed by atoms with Gasteiger partial charge in [-0.1, -0.05) is 72.8 Å². The summed E-state index contributed by atoms with van der Waals surface area (Å²) in [5.74, 6) is -1.89. The van der Waals surface area contributed by atoms with E-state index in [0.29, 0.717) is 62.3 Å². The smallest absolute Gasteiger partial charge is 0.408 e. The van der Waals surface area contributed by atoms with Crippen molar-refractivity contribution in [2.75, 3.05) is 24.3 Å². The Labute approximate surface area is 331 Å². The zero-order valence-electron chi connectivity index (χ0n) is 31.7. The maximum absolute atomic E-state index is 14.3. The average molecular weight is 793 g/mol. The molecule has 2 N–H and O–H groups in total. The summed E-state index contributed by atoms with van der Waals surface area (Å²) in [5, 5.41) is 5.37. The number of halogens is 3. The number of ether oxygens (including phenoxy) is 1. The van der Waals surface area contributed by atoms with Gasteiger partial charge in [-0.15, -0.1) is 11.8 Å². The van der Waals surface area contributed by atoms with Gasteiger partial charge < -0.3 is 25.2 Å². The molecule has 3 heterocycles. The SMILES string of the molecule is COc1ccccc1N1CCCC[C@H](NC(=O)C(CCC(Cc2ccccc2)C(=O)NC2CCS[C@H]3CCCC(C(F)(F)F)N3C2=O)Cc2ccccc2)C1=O. The molecular weight excluding hydrogens is 742 g/mol. The first-order chi connectivity index (χ1) is 27.0. The van der Waals surface area contributed by atoms with Gasteiger partial charge in [-0.05, 0) is 99.6 Å². The molecule has 3 aliphatic heterocycles. The minimum atomic E-state index is -4.56. The molecule has 13 heteroatoms. The van der Waals surface area contributed by atoms with Gasteiger partial charge in [0.15, 0.2) is 0 Å². The lowest BCUT2D eigenvalue weighted by Crippen LogP contribution is -2.59. The van der Waals surface area contributed by atoms with Gasteiger partial charge >= 0.3 is 6.18 Å². The lowest BCUT2D eigenvalue weighted by atomic mass is 9.86. The van der Waals surface area contributed by atoms with Gasteiger partial charge in [0.2, 0.25) is 23.6 Å². The molecule has 3 saturated heterocycles. The lowest BCUT2D eigenvalue weighted by molar-refractivity contribution is -0.198. The highest BCUT2D eigenvalue weighted by Crippen LogP contribution is 2.40. The molecule has 300 valence electrons. The summed E-state index contributed by atoms with van der Waals surface area (Å²) in [6, 6.07) is 22.6. The molecular formula is C43H51F3N4O5S. The minimum Gasteiger partial charge on any atom is -0.495 e. The largest absolute Gasteiger partial charge is 0.495 e. The molecule has 6 atom stereocenters. The molecule has 4 unspecified atom stereocenters. The number of methoxy groups -OCH3 is 1. The van der Waals surface area contributed by atoms with E-state index >= 15 is 0 Å². The van der Waals surface area contributed by atoms with Crippen molar-refractivity contribution in [3.05, 3.63) is 96.1 Å². The van der Waals surface area contributed by atoms with E-state index in [2.05, 4.69) is 10.6 Å². The molecule has 6 rings (SSSR count). The van der Waals surface area contributed by atoms with Crippen LogP contribution in [0.4, 0.5) is 18.9 Å². The molecule has 3 aromatic carbocycles. The molecule has 0 saturated carbocycles. The number of carbonyl (C=O) groups is 4. The van der Waals surface area contributed by atoms with Crippen LogP contribution in [-0.4, -0.2) is 77.6 Å². The lowest BCUT2D eigenvalue weighted by Gasteiger charge is -2.42. The second kappa shape index (κ2) is 19.1. The van der Waals surface area contributed by atoms with Crippen LogP contribution in [0.15, 0.2) is 84.9 Å². The Balaban J connectivity index is 1.21. The van der Waals surface area contributed by atoms with E-state index in [-0.39, 0.29) is 31.1 Å². The number of hydrogen-bond donors (Lipinski definition) is 2. The van der Waals surface area contributed by atoms with Crippen LogP contribution in [0.1, 0.15) is 68.9 Å². The number of carbonyl (C=O) groups excluding carboxylic acids is 4. The quantitative estimate of drug-likeness (QED) is 0.192. The summed E-state index contributed by atoms with van der Waals surface area (Å²) in [6.45, 7) is 0.493. The zero-order chi connectivity index (χ0) is 39.7. The molecule has 4 amide bonds. The van der Waals surface area contributed by atoms with Crippen molar-refractivity contribution in [3.63, 3.8) is 0 Å². The molecule has 3 aliphatic rings. The Morgan fingerprint density at radius 1 is 0.750 bits per heavy atom. The Bertz CT molecular complexity index is 1800. The van der Waals surface area contributed by atoms with Crippen molar-refractivity contribution in [2.45, 2.75) is 100 Å². The molecule has 3 aromatic rings. The number of nitrogens with zero attached hydrogens (tertiary/aromatic N) is 2. The van der Waals surface area contributed by atoms with E-state index in [1.54, 1.807) is 18.1 Å². The fourth-order valence-electron chi connectivity index (χ4n) is 8.20. The third-order valence-electron chi connectivity index (χ3n) is 11.2. The second-order valence-electron chi connectivity index (χ2n) is 15.0. The maximum atomic E-state index is 14.3. The van der Waals surface area contributed by atoms with Gasteiger partial charge in [0, 0.05) is 18.4 Å². The fourth-order valence-corrected chi connectivity index (χ4v) is 9.59. The Morgan fingerprint density at radius 2 is 1.32 bits per heavy atom.